The predicted octanol–water partition coefficient (Wildman–Crippen LogP) is 1.87. The Morgan fingerprint density at radius 1 is 1.24 bits per heavy atom. The minimum atomic E-state index is -0.547. The van der Waals surface area contributed by atoms with E-state index < -0.39 is 5.60 Å². The van der Waals surface area contributed by atoms with Crippen LogP contribution in [0.1, 0.15) is 46.0 Å². The molecule has 0 amide bonds. The summed E-state index contributed by atoms with van der Waals surface area (Å²) in [5.41, 5.74) is -0.547. The minimum Gasteiger partial charge on any atom is -0.388 e. The normalized spacial score (nSPS) is 18.6. The number of nitrogens with one attached hydrogen (secondary N) is 2. The molecule has 1 aliphatic rings. The third-order valence-electron chi connectivity index (χ3n) is 2.95. The number of guanidine groups is 1. The molecule has 17 heavy (non-hydrogen) atoms. The molecule has 0 aliphatic heterocycles. The van der Waals surface area contributed by atoms with Gasteiger partial charge in [-0.25, -0.2) is 0 Å². The zero-order valence-electron chi connectivity index (χ0n) is 11.0. The van der Waals surface area contributed by atoms with E-state index in [9.17, 15) is 5.11 Å². The summed E-state index contributed by atoms with van der Waals surface area (Å²) in [5.74, 6) is 0.824. The highest BCUT2D eigenvalue weighted by atomic mass is 127. The van der Waals surface area contributed by atoms with Crippen molar-refractivity contribution in [1.29, 1.82) is 0 Å². The molecule has 5 heteroatoms. The number of hydrogen-bond donors (Lipinski definition) is 3. The molecule has 3 N–H and O–H groups in total. The maximum absolute atomic E-state index is 10.2. The van der Waals surface area contributed by atoms with Crippen molar-refractivity contribution < 1.29 is 5.11 Å². The zero-order chi connectivity index (χ0) is 11.9. The number of hydrogen-bond acceptors (Lipinski definition) is 2. The van der Waals surface area contributed by atoms with Gasteiger partial charge in [0.2, 0.25) is 0 Å². The van der Waals surface area contributed by atoms with Gasteiger partial charge in [-0.1, -0.05) is 19.8 Å². The molecule has 102 valence electrons. The topological polar surface area (TPSA) is 56.7 Å². The Bertz CT molecular complexity index is 228. The van der Waals surface area contributed by atoms with E-state index in [1.807, 2.05) is 6.92 Å². The Morgan fingerprint density at radius 3 is 2.41 bits per heavy atom. The van der Waals surface area contributed by atoms with E-state index in [1.165, 1.54) is 0 Å². The summed E-state index contributed by atoms with van der Waals surface area (Å²) in [7, 11) is 0. The average Bonchev–Trinajstić information content (AvgIpc) is 2.70. The second kappa shape index (κ2) is 8.97. The van der Waals surface area contributed by atoms with Crippen LogP contribution in [0.4, 0.5) is 0 Å². The maximum Gasteiger partial charge on any atom is 0.191 e. The summed E-state index contributed by atoms with van der Waals surface area (Å²) in [6.45, 7) is 6.47. The Kier molecular flexibility index (Phi) is 8.94. The van der Waals surface area contributed by atoms with Crippen LogP contribution in [-0.4, -0.2) is 36.3 Å². The molecule has 0 aromatic rings. The van der Waals surface area contributed by atoms with Crippen molar-refractivity contribution in [3.05, 3.63) is 0 Å². The maximum atomic E-state index is 10.2. The number of rotatable bonds is 5. The molecule has 0 aromatic carbocycles. The first-order valence-corrected chi connectivity index (χ1v) is 6.45. The van der Waals surface area contributed by atoms with Crippen molar-refractivity contribution in [1.82, 2.24) is 10.6 Å². The molecule has 1 saturated carbocycles. The number of aliphatic imine (C=N–C) groups is 1. The van der Waals surface area contributed by atoms with Gasteiger partial charge in [-0.3, -0.25) is 4.99 Å². The van der Waals surface area contributed by atoms with Crippen molar-refractivity contribution in [2.75, 3.05) is 19.6 Å². The summed E-state index contributed by atoms with van der Waals surface area (Å²) in [6.07, 6.45) is 5.12. The van der Waals surface area contributed by atoms with Gasteiger partial charge >= 0.3 is 0 Å². The standard InChI is InChI=1S/C12H25N3O.HI/c1-3-9-14-11(13-4-2)15-10-12(16)7-5-6-8-12;/h16H,3-10H2,1-2H3,(H2,13,14,15);1H. The van der Waals surface area contributed by atoms with E-state index in [0.29, 0.717) is 6.54 Å². The van der Waals surface area contributed by atoms with Gasteiger partial charge in [-0.2, -0.15) is 0 Å². The molecule has 0 spiro atoms. The fourth-order valence-corrected chi connectivity index (χ4v) is 2.00. The molecule has 0 atom stereocenters. The number of aliphatic hydroxyl groups is 1. The van der Waals surface area contributed by atoms with E-state index in [4.69, 9.17) is 0 Å². The number of nitrogens with zero attached hydrogens (tertiary/aromatic N) is 1. The highest BCUT2D eigenvalue weighted by Crippen LogP contribution is 2.29. The van der Waals surface area contributed by atoms with Gasteiger partial charge in [0.25, 0.3) is 0 Å². The zero-order valence-corrected chi connectivity index (χ0v) is 13.3. The van der Waals surface area contributed by atoms with Gasteiger partial charge in [0, 0.05) is 13.1 Å². The van der Waals surface area contributed by atoms with Crippen LogP contribution >= 0.6 is 24.0 Å². The fourth-order valence-electron chi connectivity index (χ4n) is 2.00. The lowest BCUT2D eigenvalue weighted by atomic mass is 10.0. The molecule has 0 radical (unpaired) electrons. The van der Waals surface area contributed by atoms with Crippen LogP contribution in [-0.2, 0) is 0 Å². The first-order chi connectivity index (χ1) is 7.70. The highest BCUT2D eigenvalue weighted by molar-refractivity contribution is 14.0. The molecule has 0 aromatic heterocycles. The van der Waals surface area contributed by atoms with Crippen LogP contribution in [0.15, 0.2) is 4.99 Å². The molecule has 1 aliphatic carbocycles. The Balaban J connectivity index is 0.00000256. The van der Waals surface area contributed by atoms with Crippen LogP contribution in [0.25, 0.3) is 0 Å². The molecule has 1 rings (SSSR count). The van der Waals surface area contributed by atoms with E-state index in [1.54, 1.807) is 0 Å². The number of halogens is 1. The summed E-state index contributed by atoms with van der Waals surface area (Å²) >= 11 is 0. The lowest BCUT2D eigenvalue weighted by Gasteiger charge is -2.20. The molecule has 0 heterocycles. The highest BCUT2D eigenvalue weighted by Gasteiger charge is 2.30. The summed E-state index contributed by atoms with van der Waals surface area (Å²) in [4.78, 5) is 4.45. The summed E-state index contributed by atoms with van der Waals surface area (Å²) in [5, 5.41) is 16.6. The Morgan fingerprint density at radius 2 is 1.88 bits per heavy atom. The van der Waals surface area contributed by atoms with Gasteiger partial charge in [0.1, 0.15) is 0 Å². The SMILES string of the molecule is CCCNC(=NCC1(O)CCCC1)NCC.I. The summed E-state index contributed by atoms with van der Waals surface area (Å²) in [6, 6.07) is 0. The first kappa shape index (κ1) is 17.0. The van der Waals surface area contributed by atoms with Crippen molar-refractivity contribution in [2.45, 2.75) is 51.6 Å². The largest absolute Gasteiger partial charge is 0.388 e. The molecule has 1 fully saturated rings. The van der Waals surface area contributed by atoms with Gasteiger partial charge in [0.15, 0.2) is 5.96 Å². The fraction of sp³-hybridized carbons (Fsp3) is 0.917. The predicted molar refractivity (Wildman–Crippen MR) is 83.1 cm³/mol. The minimum absolute atomic E-state index is 0. The third-order valence-corrected chi connectivity index (χ3v) is 2.95. The Hall–Kier alpha value is -0.0400. The van der Waals surface area contributed by atoms with Crippen LogP contribution in [0.5, 0.6) is 0 Å². The van der Waals surface area contributed by atoms with E-state index in [0.717, 1.165) is 51.2 Å². The quantitative estimate of drug-likeness (QED) is 0.401. The Labute approximate surface area is 122 Å². The van der Waals surface area contributed by atoms with Gasteiger partial charge < -0.3 is 15.7 Å². The van der Waals surface area contributed by atoms with E-state index in [2.05, 4.69) is 22.5 Å². The smallest absolute Gasteiger partial charge is 0.191 e. The summed E-state index contributed by atoms with van der Waals surface area (Å²) < 4.78 is 0. The van der Waals surface area contributed by atoms with Gasteiger partial charge in [-0.15, -0.1) is 24.0 Å². The third kappa shape index (κ3) is 6.45. The molecule has 0 saturated heterocycles. The molecule has 0 bridgehead atoms. The molecule has 0 unspecified atom stereocenters. The first-order valence-electron chi connectivity index (χ1n) is 6.45. The molecular weight excluding hydrogens is 329 g/mol. The van der Waals surface area contributed by atoms with Crippen LogP contribution < -0.4 is 10.6 Å². The second-order valence-electron chi connectivity index (χ2n) is 4.55. The monoisotopic (exact) mass is 355 g/mol. The van der Waals surface area contributed by atoms with Crippen molar-refractivity contribution in [3.8, 4) is 0 Å². The van der Waals surface area contributed by atoms with Crippen molar-refractivity contribution >= 4 is 29.9 Å². The van der Waals surface area contributed by atoms with E-state index >= 15 is 0 Å². The van der Waals surface area contributed by atoms with Crippen LogP contribution in [0.2, 0.25) is 0 Å². The second-order valence-corrected chi connectivity index (χ2v) is 4.55. The van der Waals surface area contributed by atoms with Crippen LogP contribution in [0, 0.1) is 0 Å². The molecule has 4 nitrogen and oxygen atoms in total. The van der Waals surface area contributed by atoms with Gasteiger partial charge in [-0.05, 0) is 26.2 Å². The van der Waals surface area contributed by atoms with Crippen molar-refractivity contribution in [2.24, 2.45) is 4.99 Å². The lowest BCUT2D eigenvalue weighted by Crippen LogP contribution is -2.39. The lowest BCUT2D eigenvalue weighted by molar-refractivity contribution is 0.0574. The van der Waals surface area contributed by atoms with Crippen LogP contribution in [0.3, 0.4) is 0 Å². The van der Waals surface area contributed by atoms with E-state index in [-0.39, 0.29) is 24.0 Å². The molecular formula is C12H26IN3O. The van der Waals surface area contributed by atoms with Crippen molar-refractivity contribution in [3.63, 3.8) is 0 Å². The average molecular weight is 355 g/mol. The van der Waals surface area contributed by atoms with Gasteiger partial charge in [0.05, 0.1) is 12.1 Å².